The SMILES string of the molecule is CC.CC.CC(C)(C)OC(=O)NC1(C(=O)Nc2ccc(SCc3ccccc3)cc2)CCc2ccccc2C1. The van der Waals surface area contributed by atoms with Crippen LogP contribution in [-0.4, -0.2) is 23.1 Å². The zero-order valence-corrected chi connectivity index (χ0v) is 25.3. The monoisotopic (exact) mass is 548 g/mol. The van der Waals surface area contributed by atoms with E-state index in [9.17, 15) is 9.59 Å². The highest BCUT2D eigenvalue weighted by Gasteiger charge is 2.43. The van der Waals surface area contributed by atoms with E-state index in [0.29, 0.717) is 24.9 Å². The zero-order chi connectivity index (χ0) is 28.9. The number of thioether (sulfide) groups is 1. The number of ether oxygens (including phenoxy) is 1. The molecule has 2 N–H and O–H groups in total. The minimum Gasteiger partial charge on any atom is -0.444 e. The molecule has 0 spiro atoms. The Labute approximate surface area is 239 Å². The molecular weight excluding hydrogens is 504 g/mol. The van der Waals surface area contributed by atoms with Crippen molar-refractivity contribution in [3.63, 3.8) is 0 Å². The first-order chi connectivity index (χ1) is 18.7. The van der Waals surface area contributed by atoms with Gasteiger partial charge in [0.1, 0.15) is 11.1 Å². The number of carbonyl (C=O) groups excluding carboxylic acids is 2. The smallest absolute Gasteiger partial charge is 0.408 e. The molecule has 0 saturated carbocycles. The Balaban J connectivity index is 0.00000127. The molecule has 5 nitrogen and oxygen atoms in total. The van der Waals surface area contributed by atoms with Gasteiger partial charge in [-0.25, -0.2) is 4.79 Å². The number of hydrogen-bond acceptors (Lipinski definition) is 4. The van der Waals surface area contributed by atoms with Gasteiger partial charge in [-0.15, -0.1) is 11.8 Å². The molecule has 1 atom stereocenters. The number of aryl methyl sites for hydroxylation is 1. The van der Waals surface area contributed by atoms with E-state index in [1.165, 1.54) is 11.1 Å². The third kappa shape index (κ3) is 9.77. The topological polar surface area (TPSA) is 67.4 Å². The number of benzene rings is 3. The Bertz CT molecular complexity index is 1170. The number of anilines is 1. The van der Waals surface area contributed by atoms with Crippen LogP contribution in [0.25, 0.3) is 0 Å². The van der Waals surface area contributed by atoms with E-state index in [1.54, 1.807) is 11.8 Å². The lowest BCUT2D eigenvalue weighted by atomic mass is 9.77. The lowest BCUT2D eigenvalue weighted by Gasteiger charge is -2.38. The summed E-state index contributed by atoms with van der Waals surface area (Å²) in [6, 6.07) is 26.2. The highest BCUT2D eigenvalue weighted by molar-refractivity contribution is 7.98. The predicted molar refractivity (Wildman–Crippen MR) is 164 cm³/mol. The molecule has 0 fully saturated rings. The van der Waals surface area contributed by atoms with Crippen LogP contribution in [0.15, 0.2) is 83.8 Å². The minimum absolute atomic E-state index is 0.234. The molecule has 39 heavy (non-hydrogen) atoms. The predicted octanol–water partition coefficient (Wildman–Crippen LogP) is 8.42. The van der Waals surface area contributed by atoms with Crippen molar-refractivity contribution in [2.24, 2.45) is 0 Å². The first kappa shape index (κ1) is 32.0. The third-order valence-electron chi connectivity index (χ3n) is 5.97. The van der Waals surface area contributed by atoms with Gasteiger partial charge in [-0.05, 0) is 74.6 Å². The second-order valence-electron chi connectivity index (χ2n) is 9.91. The average Bonchev–Trinajstić information content (AvgIpc) is 2.94. The van der Waals surface area contributed by atoms with Crippen molar-refractivity contribution in [2.45, 2.75) is 89.5 Å². The Morgan fingerprint density at radius 2 is 1.44 bits per heavy atom. The molecule has 6 heteroatoms. The molecule has 4 rings (SSSR count). The standard InChI is InChI=1S/C29H32N2O3S.2C2H6/c1-28(2,3)34-27(33)31-29(18-17-22-11-7-8-12-23(22)19-29)26(32)30-24-13-15-25(16-14-24)35-20-21-9-5-4-6-10-21;2*1-2/h4-16H,17-20H2,1-3H3,(H,30,32)(H,31,33);2*1-2H3. The maximum absolute atomic E-state index is 13.6. The minimum atomic E-state index is -1.09. The van der Waals surface area contributed by atoms with Crippen molar-refractivity contribution in [3.8, 4) is 0 Å². The lowest BCUT2D eigenvalue weighted by Crippen LogP contribution is -2.60. The number of fused-ring (bicyclic) bond motifs is 1. The van der Waals surface area contributed by atoms with Gasteiger partial charge < -0.3 is 15.4 Å². The Kier molecular flexibility index (Phi) is 12.6. The summed E-state index contributed by atoms with van der Waals surface area (Å²) in [7, 11) is 0. The first-order valence-electron chi connectivity index (χ1n) is 13.9. The maximum atomic E-state index is 13.6. The van der Waals surface area contributed by atoms with E-state index >= 15 is 0 Å². The zero-order valence-electron chi connectivity index (χ0n) is 24.5. The summed E-state index contributed by atoms with van der Waals surface area (Å²) in [4.78, 5) is 27.5. The summed E-state index contributed by atoms with van der Waals surface area (Å²) >= 11 is 1.75. The fourth-order valence-corrected chi connectivity index (χ4v) is 5.07. The van der Waals surface area contributed by atoms with Crippen molar-refractivity contribution in [1.82, 2.24) is 5.32 Å². The lowest BCUT2D eigenvalue weighted by molar-refractivity contribution is -0.123. The van der Waals surface area contributed by atoms with E-state index in [4.69, 9.17) is 4.74 Å². The molecule has 1 aliphatic carbocycles. The van der Waals surface area contributed by atoms with Gasteiger partial charge in [0.25, 0.3) is 5.91 Å². The van der Waals surface area contributed by atoms with E-state index in [2.05, 4.69) is 28.8 Å². The molecule has 0 heterocycles. The van der Waals surface area contributed by atoms with Gasteiger partial charge in [0.15, 0.2) is 0 Å². The molecule has 0 aliphatic heterocycles. The van der Waals surface area contributed by atoms with Gasteiger partial charge in [-0.2, -0.15) is 0 Å². The van der Waals surface area contributed by atoms with Gasteiger partial charge in [0.2, 0.25) is 0 Å². The summed E-state index contributed by atoms with van der Waals surface area (Å²) in [5.41, 5.74) is 2.50. The number of carbonyl (C=O) groups is 2. The first-order valence-corrected chi connectivity index (χ1v) is 14.9. The van der Waals surface area contributed by atoms with Crippen molar-refractivity contribution in [1.29, 1.82) is 0 Å². The van der Waals surface area contributed by atoms with Crippen LogP contribution in [0.1, 0.15) is 71.6 Å². The van der Waals surface area contributed by atoms with Crippen LogP contribution in [0, 0.1) is 0 Å². The molecule has 3 aromatic carbocycles. The fourth-order valence-electron chi connectivity index (χ4n) is 4.22. The molecule has 2 amide bonds. The maximum Gasteiger partial charge on any atom is 0.408 e. The second kappa shape index (κ2) is 15.4. The van der Waals surface area contributed by atoms with Crippen LogP contribution < -0.4 is 10.6 Å². The van der Waals surface area contributed by atoms with Crippen molar-refractivity contribution in [3.05, 3.63) is 95.6 Å². The number of rotatable bonds is 6. The summed E-state index contributed by atoms with van der Waals surface area (Å²) in [5, 5.41) is 5.96. The summed E-state index contributed by atoms with van der Waals surface area (Å²) < 4.78 is 5.50. The van der Waals surface area contributed by atoms with Crippen molar-refractivity contribution < 1.29 is 14.3 Å². The molecule has 3 aromatic rings. The second-order valence-corrected chi connectivity index (χ2v) is 11.0. The number of hydrogen-bond donors (Lipinski definition) is 2. The molecular formula is C33H44N2O3S. The fraction of sp³-hybridized carbons (Fsp3) is 0.394. The van der Waals surface area contributed by atoms with Gasteiger partial charge in [0.05, 0.1) is 0 Å². The van der Waals surface area contributed by atoms with Gasteiger partial charge in [-0.3, -0.25) is 4.79 Å². The summed E-state index contributed by atoms with van der Waals surface area (Å²) in [5.74, 6) is 0.650. The van der Waals surface area contributed by atoms with Gasteiger partial charge >= 0.3 is 6.09 Å². The third-order valence-corrected chi connectivity index (χ3v) is 7.05. The number of nitrogens with one attached hydrogen (secondary N) is 2. The molecule has 1 unspecified atom stereocenters. The Morgan fingerprint density at radius 3 is 2.05 bits per heavy atom. The highest BCUT2D eigenvalue weighted by Crippen LogP contribution is 2.31. The van der Waals surface area contributed by atoms with Crippen molar-refractivity contribution in [2.75, 3.05) is 5.32 Å². The van der Waals surface area contributed by atoms with Crippen molar-refractivity contribution >= 4 is 29.4 Å². The van der Waals surface area contributed by atoms with Gasteiger partial charge in [0, 0.05) is 22.8 Å². The quantitative estimate of drug-likeness (QED) is 0.303. The van der Waals surface area contributed by atoms with Crippen LogP contribution in [-0.2, 0) is 28.1 Å². The number of alkyl carbamates (subject to hydrolysis) is 1. The van der Waals surface area contributed by atoms with E-state index in [1.807, 2.05) is 109 Å². The normalized spacial score (nSPS) is 15.8. The summed E-state index contributed by atoms with van der Waals surface area (Å²) in [6.45, 7) is 13.4. The molecule has 0 aromatic heterocycles. The molecule has 0 saturated heterocycles. The van der Waals surface area contributed by atoms with Gasteiger partial charge in [-0.1, -0.05) is 82.3 Å². The molecule has 0 radical (unpaired) electrons. The van der Waals surface area contributed by atoms with Crippen LogP contribution in [0.3, 0.4) is 0 Å². The summed E-state index contributed by atoms with van der Waals surface area (Å²) in [6.07, 6.45) is 1.04. The van der Waals surface area contributed by atoms with E-state index < -0.39 is 17.2 Å². The molecule has 1 aliphatic rings. The van der Waals surface area contributed by atoms with Crippen LogP contribution in [0.5, 0.6) is 0 Å². The van der Waals surface area contributed by atoms with Crippen LogP contribution in [0.2, 0.25) is 0 Å². The average molecular weight is 549 g/mol. The van der Waals surface area contributed by atoms with E-state index in [0.717, 1.165) is 16.2 Å². The Morgan fingerprint density at radius 1 is 0.846 bits per heavy atom. The van der Waals surface area contributed by atoms with Crippen LogP contribution in [0.4, 0.5) is 10.5 Å². The largest absolute Gasteiger partial charge is 0.444 e. The highest BCUT2D eigenvalue weighted by atomic mass is 32.2. The number of amides is 2. The Hall–Kier alpha value is -3.25. The van der Waals surface area contributed by atoms with Crippen LogP contribution >= 0.6 is 11.8 Å². The van der Waals surface area contributed by atoms with E-state index in [-0.39, 0.29) is 5.91 Å². The molecule has 0 bridgehead atoms. The molecule has 210 valence electrons.